The van der Waals surface area contributed by atoms with Crippen LogP contribution in [0.3, 0.4) is 0 Å². The molecule has 0 amide bonds. The maximum absolute atomic E-state index is 10.5. The number of nitrogens with one attached hydrogen (secondary N) is 1. The average Bonchev–Trinajstić information content (AvgIpc) is 2.03. The van der Waals surface area contributed by atoms with E-state index >= 15 is 0 Å². The maximum atomic E-state index is 10.5. The smallest absolute Gasteiger partial charge is 0.320 e. The summed E-state index contributed by atoms with van der Waals surface area (Å²) in [5.74, 6) is -2.03. The van der Waals surface area contributed by atoms with Gasteiger partial charge in [0.15, 0.2) is 0 Å². The highest BCUT2D eigenvalue weighted by molar-refractivity contribution is 5.75. The van der Waals surface area contributed by atoms with Gasteiger partial charge in [-0.1, -0.05) is 6.08 Å². The molecule has 0 heterocycles. The summed E-state index contributed by atoms with van der Waals surface area (Å²) in [6.45, 7) is 3.77. The Morgan fingerprint density at radius 1 is 1.46 bits per heavy atom. The molecule has 0 rings (SSSR count). The van der Waals surface area contributed by atoms with Gasteiger partial charge < -0.3 is 15.5 Å². The van der Waals surface area contributed by atoms with Gasteiger partial charge >= 0.3 is 11.9 Å². The topological polar surface area (TPSA) is 86.6 Å². The van der Waals surface area contributed by atoms with Gasteiger partial charge in [0.1, 0.15) is 6.04 Å². The van der Waals surface area contributed by atoms with Gasteiger partial charge in [0.25, 0.3) is 0 Å². The summed E-state index contributed by atoms with van der Waals surface area (Å²) in [5.41, 5.74) is 0. The molecule has 3 N–H and O–H groups in total. The van der Waals surface area contributed by atoms with Crippen LogP contribution in [0.4, 0.5) is 0 Å². The lowest BCUT2D eigenvalue weighted by Gasteiger charge is -2.10. The summed E-state index contributed by atoms with van der Waals surface area (Å²) in [6, 6.07) is -0.811. The molecule has 5 heteroatoms. The van der Waals surface area contributed by atoms with E-state index in [0.717, 1.165) is 0 Å². The van der Waals surface area contributed by atoms with Crippen molar-refractivity contribution in [2.24, 2.45) is 0 Å². The van der Waals surface area contributed by atoms with Gasteiger partial charge in [0.2, 0.25) is 0 Å². The first-order valence-electron chi connectivity index (χ1n) is 3.86. The van der Waals surface area contributed by atoms with Crippen LogP contribution in [-0.4, -0.2) is 34.7 Å². The minimum atomic E-state index is -1.04. The first kappa shape index (κ1) is 11.6. The Hall–Kier alpha value is -1.36. The largest absolute Gasteiger partial charge is 0.481 e. The first-order chi connectivity index (χ1) is 6.07. The van der Waals surface area contributed by atoms with E-state index in [9.17, 15) is 9.59 Å². The molecule has 0 aromatic carbocycles. The van der Waals surface area contributed by atoms with Crippen LogP contribution in [0.1, 0.15) is 12.8 Å². The predicted molar refractivity (Wildman–Crippen MR) is 46.5 cm³/mol. The summed E-state index contributed by atoms with van der Waals surface area (Å²) in [6.07, 6.45) is 1.45. The molecule has 13 heavy (non-hydrogen) atoms. The number of carbonyl (C=O) groups is 2. The van der Waals surface area contributed by atoms with Gasteiger partial charge in [-0.2, -0.15) is 0 Å². The molecule has 1 atom stereocenters. The zero-order valence-corrected chi connectivity index (χ0v) is 7.19. The zero-order valence-electron chi connectivity index (χ0n) is 7.19. The summed E-state index contributed by atoms with van der Waals surface area (Å²) in [5, 5.41) is 19.6. The average molecular weight is 187 g/mol. The lowest BCUT2D eigenvalue weighted by atomic mass is 10.1. The highest BCUT2D eigenvalue weighted by Gasteiger charge is 2.16. The van der Waals surface area contributed by atoms with Crippen LogP contribution in [0.2, 0.25) is 0 Å². The van der Waals surface area contributed by atoms with Crippen LogP contribution in [0.5, 0.6) is 0 Å². The molecule has 0 aromatic heterocycles. The van der Waals surface area contributed by atoms with E-state index in [2.05, 4.69) is 11.9 Å². The van der Waals surface area contributed by atoms with E-state index in [1.54, 1.807) is 0 Å². The minimum absolute atomic E-state index is 0.0819. The summed E-state index contributed by atoms with van der Waals surface area (Å²) < 4.78 is 0. The van der Waals surface area contributed by atoms with E-state index in [-0.39, 0.29) is 12.8 Å². The fourth-order valence-corrected chi connectivity index (χ4v) is 0.806. The summed E-state index contributed by atoms with van der Waals surface area (Å²) >= 11 is 0. The predicted octanol–water partition coefficient (Wildman–Crippen LogP) is 0.0800. The molecule has 0 fully saturated rings. The molecule has 74 valence electrons. The van der Waals surface area contributed by atoms with Crippen molar-refractivity contribution in [3.05, 3.63) is 12.7 Å². The maximum Gasteiger partial charge on any atom is 0.320 e. The Labute approximate surface area is 76.1 Å². The second kappa shape index (κ2) is 6.19. The molecular formula is C8H13NO4. The van der Waals surface area contributed by atoms with Crippen LogP contribution >= 0.6 is 0 Å². The minimum Gasteiger partial charge on any atom is -0.481 e. The fourth-order valence-electron chi connectivity index (χ4n) is 0.806. The van der Waals surface area contributed by atoms with Gasteiger partial charge in [-0.05, 0) is 6.42 Å². The molecule has 0 saturated heterocycles. The highest BCUT2D eigenvalue weighted by Crippen LogP contribution is 1.97. The molecule has 0 bridgehead atoms. The molecule has 0 aliphatic carbocycles. The zero-order chi connectivity index (χ0) is 10.3. The third-order valence-corrected chi connectivity index (χ3v) is 1.45. The van der Waals surface area contributed by atoms with Crippen LogP contribution in [0, 0.1) is 0 Å². The molecular weight excluding hydrogens is 174 g/mol. The van der Waals surface area contributed by atoms with E-state index in [0.29, 0.717) is 6.54 Å². The third-order valence-electron chi connectivity index (χ3n) is 1.45. The molecule has 0 radical (unpaired) electrons. The Bertz CT molecular complexity index is 202. The van der Waals surface area contributed by atoms with Crippen molar-refractivity contribution in [1.82, 2.24) is 5.32 Å². The Kier molecular flexibility index (Phi) is 5.54. The molecule has 5 nitrogen and oxygen atoms in total. The van der Waals surface area contributed by atoms with Crippen molar-refractivity contribution in [2.45, 2.75) is 18.9 Å². The standard InChI is InChI=1S/C8H13NO4/c1-2-5-9-6(8(12)13)3-4-7(10)11/h2,6,9H,1,3-5H2,(H,10,11)(H,12,13). The van der Waals surface area contributed by atoms with Gasteiger partial charge in [0, 0.05) is 13.0 Å². The normalized spacial score (nSPS) is 12.0. The Balaban J connectivity index is 3.87. The first-order valence-corrected chi connectivity index (χ1v) is 3.86. The number of carboxylic acids is 2. The second-order valence-corrected chi connectivity index (χ2v) is 2.52. The van der Waals surface area contributed by atoms with Crippen molar-refractivity contribution >= 4 is 11.9 Å². The number of hydrogen-bond acceptors (Lipinski definition) is 3. The van der Waals surface area contributed by atoms with Crippen LogP contribution in [0.25, 0.3) is 0 Å². The van der Waals surface area contributed by atoms with E-state index in [1.807, 2.05) is 0 Å². The van der Waals surface area contributed by atoms with E-state index in [4.69, 9.17) is 10.2 Å². The number of aliphatic carboxylic acids is 2. The number of carboxylic acid groups (broad SMARTS) is 2. The SMILES string of the molecule is C=CCNC(CCC(=O)O)C(=O)O. The molecule has 0 aliphatic rings. The molecule has 0 aliphatic heterocycles. The molecule has 0 saturated carbocycles. The molecule has 0 aromatic rings. The Morgan fingerprint density at radius 3 is 2.46 bits per heavy atom. The van der Waals surface area contributed by atoms with Crippen LogP contribution < -0.4 is 5.32 Å². The van der Waals surface area contributed by atoms with Gasteiger partial charge in [-0.3, -0.25) is 9.59 Å². The highest BCUT2D eigenvalue weighted by atomic mass is 16.4. The lowest BCUT2D eigenvalue weighted by Crippen LogP contribution is -2.37. The fraction of sp³-hybridized carbons (Fsp3) is 0.500. The van der Waals surface area contributed by atoms with Gasteiger partial charge in [-0.25, -0.2) is 0 Å². The van der Waals surface area contributed by atoms with Crippen LogP contribution in [0.15, 0.2) is 12.7 Å². The molecule has 1 unspecified atom stereocenters. The monoisotopic (exact) mass is 187 g/mol. The quantitative estimate of drug-likeness (QED) is 0.491. The summed E-state index contributed by atoms with van der Waals surface area (Å²) in [4.78, 5) is 20.7. The van der Waals surface area contributed by atoms with Crippen molar-refractivity contribution in [3.8, 4) is 0 Å². The van der Waals surface area contributed by atoms with Crippen molar-refractivity contribution in [2.75, 3.05) is 6.54 Å². The van der Waals surface area contributed by atoms with Crippen molar-refractivity contribution in [3.63, 3.8) is 0 Å². The number of hydrogen-bond donors (Lipinski definition) is 3. The third kappa shape index (κ3) is 5.86. The lowest BCUT2D eigenvalue weighted by molar-refractivity contribution is -0.140. The van der Waals surface area contributed by atoms with Crippen molar-refractivity contribution in [1.29, 1.82) is 0 Å². The van der Waals surface area contributed by atoms with E-state index < -0.39 is 18.0 Å². The Morgan fingerprint density at radius 2 is 2.08 bits per heavy atom. The van der Waals surface area contributed by atoms with E-state index in [1.165, 1.54) is 6.08 Å². The van der Waals surface area contributed by atoms with Gasteiger partial charge in [0.05, 0.1) is 0 Å². The van der Waals surface area contributed by atoms with Crippen molar-refractivity contribution < 1.29 is 19.8 Å². The van der Waals surface area contributed by atoms with Crippen LogP contribution in [-0.2, 0) is 9.59 Å². The number of rotatable bonds is 7. The van der Waals surface area contributed by atoms with Gasteiger partial charge in [-0.15, -0.1) is 6.58 Å². The summed E-state index contributed by atoms with van der Waals surface area (Å²) in [7, 11) is 0. The molecule has 0 spiro atoms. The second-order valence-electron chi connectivity index (χ2n) is 2.52.